The van der Waals surface area contributed by atoms with Gasteiger partial charge in [-0.1, -0.05) is 18.2 Å². The molecule has 1 aliphatic rings. The number of carbonyl (C=O) groups excluding carboxylic acids is 4. The van der Waals surface area contributed by atoms with Crippen molar-refractivity contribution >= 4 is 50.9 Å². The highest BCUT2D eigenvalue weighted by Crippen LogP contribution is 2.31. The fraction of sp³-hybridized carbons (Fsp3) is 0.115. The summed E-state index contributed by atoms with van der Waals surface area (Å²) in [6.07, 6.45) is 0. The SMILES string of the molecule is Cc1ccc2nc(-c3ccc(NC(=O)COC(=O)CN4C(=O)c5ccccc5C4=O)cc3)sc2c1. The fourth-order valence-electron chi connectivity index (χ4n) is 3.75. The van der Waals surface area contributed by atoms with Crippen molar-refractivity contribution in [1.29, 1.82) is 0 Å². The number of nitrogens with zero attached hydrogens (tertiary/aromatic N) is 2. The third-order valence-corrected chi connectivity index (χ3v) is 6.56. The number of thiazole rings is 1. The number of aromatic nitrogens is 1. The number of hydrogen-bond acceptors (Lipinski definition) is 7. The molecule has 0 saturated heterocycles. The van der Waals surface area contributed by atoms with Crippen LogP contribution in [-0.2, 0) is 14.3 Å². The minimum Gasteiger partial charge on any atom is -0.454 e. The maximum absolute atomic E-state index is 12.3. The summed E-state index contributed by atoms with van der Waals surface area (Å²) in [5, 5.41) is 3.53. The van der Waals surface area contributed by atoms with Crippen molar-refractivity contribution in [2.24, 2.45) is 0 Å². The number of fused-ring (bicyclic) bond motifs is 2. The molecule has 174 valence electrons. The van der Waals surface area contributed by atoms with Crippen LogP contribution in [0.25, 0.3) is 20.8 Å². The molecule has 1 N–H and O–H groups in total. The number of imide groups is 1. The number of amides is 3. The Hall–Kier alpha value is -4.37. The van der Waals surface area contributed by atoms with Crippen LogP contribution in [0.3, 0.4) is 0 Å². The van der Waals surface area contributed by atoms with E-state index in [1.807, 2.05) is 31.2 Å². The first kappa shape index (κ1) is 22.4. The Kier molecular flexibility index (Phi) is 5.84. The van der Waals surface area contributed by atoms with Crippen molar-refractivity contribution in [3.8, 4) is 10.6 Å². The number of anilines is 1. The quantitative estimate of drug-likeness (QED) is 0.326. The highest BCUT2D eigenvalue weighted by Gasteiger charge is 2.36. The predicted molar refractivity (Wildman–Crippen MR) is 131 cm³/mol. The summed E-state index contributed by atoms with van der Waals surface area (Å²) in [5.74, 6) is -2.51. The lowest BCUT2D eigenvalue weighted by Crippen LogP contribution is -2.36. The molecule has 0 saturated carbocycles. The highest BCUT2D eigenvalue weighted by molar-refractivity contribution is 7.21. The lowest BCUT2D eigenvalue weighted by atomic mass is 10.1. The summed E-state index contributed by atoms with van der Waals surface area (Å²) >= 11 is 1.60. The number of rotatable bonds is 6. The van der Waals surface area contributed by atoms with E-state index >= 15 is 0 Å². The molecule has 1 aliphatic heterocycles. The lowest BCUT2D eigenvalue weighted by molar-refractivity contribution is -0.147. The Morgan fingerprint density at radius 2 is 1.66 bits per heavy atom. The molecular weight excluding hydrogens is 466 g/mol. The van der Waals surface area contributed by atoms with Crippen molar-refractivity contribution < 1.29 is 23.9 Å². The molecule has 4 aromatic rings. The van der Waals surface area contributed by atoms with Gasteiger partial charge in [0.2, 0.25) is 0 Å². The molecule has 0 radical (unpaired) electrons. The van der Waals surface area contributed by atoms with Crippen LogP contribution < -0.4 is 5.32 Å². The topological polar surface area (TPSA) is 106 Å². The van der Waals surface area contributed by atoms with E-state index in [0.29, 0.717) is 5.69 Å². The Morgan fingerprint density at radius 1 is 0.971 bits per heavy atom. The van der Waals surface area contributed by atoms with Gasteiger partial charge in [-0.25, -0.2) is 4.98 Å². The number of aryl methyl sites for hydroxylation is 1. The highest BCUT2D eigenvalue weighted by atomic mass is 32.1. The van der Waals surface area contributed by atoms with Crippen molar-refractivity contribution in [2.45, 2.75) is 6.92 Å². The molecule has 8 nitrogen and oxygen atoms in total. The van der Waals surface area contributed by atoms with E-state index in [0.717, 1.165) is 25.7 Å². The zero-order valence-electron chi connectivity index (χ0n) is 18.6. The Balaban J connectivity index is 1.14. The third kappa shape index (κ3) is 4.53. The molecule has 2 heterocycles. The standard InChI is InChI=1S/C26H19N3O5S/c1-15-6-11-20-21(12-15)35-24(28-20)16-7-9-17(10-8-16)27-22(30)14-34-23(31)13-29-25(32)18-4-2-3-5-19(18)26(29)33/h2-12H,13-14H2,1H3,(H,27,30). The van der Waals surface area contributed by atoms with Gasteiger partial charge in [0, 0.05) is 11.3 Å². The minimum atomic E-state index is -0.851. The second-order valence-corrected chi connectivity index (χ2v) is 9.05. The first-order chi connectivity index (χ1) is 16.9. The summed E-state index contributed by atoms with van der Waals surface area (Å²) in [5.41, 5.74) is 4.06. The fourth-order valence-corrected chi connectivity index (χ4v) is 4.82. The molecule has 9 heteroatoms. The first-order valence-electron chi connectivity index (χ1n) is 10.8. The molecule has 5 rings (SSSR count). The van der Waals surface area contributed by atoms with Crippen molar-refractivity contribution in [3.63, 3.8) is 0 Å². The van der Waals surface area contributed by atoms with Crippen molar-refractivity contribution in [1.82, 2.24) is 9.88 Å². The van der Waals surface area contributed by atoms with Gasteiger partial charge in [0.15, 0.2) is 6.61 Å². The van der Waals surface area contributed by atoms with E-state index in [1.54, 1.807) is 35.6 Å². The Morgan fingerprint density at radius 3 is 2.34 bits per heavy atom. The van der Waals surface area contributed by atoms with E-state index in [1.165, 1.54) is 17.7 Å². The van der Waals surface area contributed by atoms with Crippen LogP contribution in [0.1, 0.15) is 26.3 Å². The largest absolute Gasteiger partial charge is 0.454 e. The number of esters is 1. The molecule has 1 aromatic heterocycles. The van der Waals surface area contributed by atoms with E-state index in [4.69, 9.17) is 4.74 Å². The minimum absolute atomic E-state index is 0.243. The lowest BCUT2D eigenvalue weighted by Gasteiger charge is -2.13. The number of benzene rings is 3. The monoisotopic (exact) mass is 485 g/mol. The summed E-state index contributed by atoms with van der Waals surface area (Å²) in [7, 11) is 0. The normalized spacial score (nSPS) is 12.7. The van der Waals surface area contributed by atoms with Gasteiger partial charge < -0.3 is 10.1 Å². The van der Waals surface area contributed by atoms with Gasteiger partial charge in [0.05, 0.1) is 21.3 Å². The van der Waals surface area contributed by atoms with Gasteiger partial charge in [-0.3, -0.25) is 24.1 Å². The zero-order valence-corrected chi connectivity index (χ0v) is 19.4. The van der Waals surface area contributed by atoms with Crippen LogP contribution in [0.2, 0.25) is 0 Å². The Labute approximate surface area is 204 Å². The smallest absolute Gasteiger partial charge is 0.326 e. The van der Waals surface area contributed by atoms with Crippen molar-refractivity contribution in [3.05, 3.63) is 83.4 Å². The van der Waals surface area contributed by atoms with E-state index in [9.17, 15) is 19.2 Å². The molecule has 0 bridgehead atoms. The first-order valence-corrected chi connectivity index (χ1v) is 11.6. The second-order valence-electron chi connectivity index (χ2n) is 8.02. The number of carbonyl (C=O) groups is 4. The average molecular weight is 486 g/mol. The summed E-state index contributed by atoms with van der Waals surface area (Å²) in [4.78, 5) is 54.5. The molecule has 0 unspecified atom stereocenters. The molecule has 35 heavy (non-hydrogen) atoms. The van der Waals surface area contributed by atoms with Crippen LogP contribution >= 0.6 is 11.3 Å². The second kappa shape index (κ2) is 9.11. The van der Waals surface area contributed by atoms with Gasteiger partial charge in [-0.2, -0.15) is 0 Å². The Bertz CT molecular complexity index is 1460. The summed E-state index contributed by atoms with van der Waals surface area (Å²) in [6, 6.07) is 19.6. The zero-order chi connectivity index (χ0) is 24.5. The van der Waals surface area contributed by atoms with Crippen LogP contribution in [0.15, 0.2) is 66.7 Å². The third-order valence-electron chi connectivity index (χ3n) is 5.49. The van der Waals surface area contributed by atoms with Gasteiger partial charge in [0.1, 0.15) is 11.6 Å². The number of nitrogens with one attached hydrogen (secondary N) is 1. The van der Waals surface area contributed by atoms with Gasteiger partial charge in [0.25, 0.3) is 17.7 Å². The number of ether oxygens (including phenoxy) is 1. The maximum Gasteiger partial charge on any atom is 0.326 e. The van der Waals surface area contributed by atoms with Crippen LogP contribution in [0.5, 0.6) is 0 Å². The molecule has 0 fully saturated rings. The summed E-state index contributed by atoms with van der Waals surface area (Å²) < 4.78 is 6.08. The number of hydrogen-bond donors (Lipinski definition) is 1. The maximum atomic E-state index is 12.3. The van der Waals surface area contributed by atoms with E-state index in [2.05, 4.69) is 16.4 Å². The van der Waals surface area contributed by atoms with Crippen LogP contribution in [0, 0.1) is 6.92 Å². The predicted octanol–water partition coefficient (Wildman–Crippen LogP) is 4.05. The van der Waals surface area contributed by atoms with Crippen LogP contribution in [0.4, 0.5) is 5.69 Å². The molecule has 3 aromatic carbocycles. The molecule has 0 atom stereocenters. The van der Waals surface area contributed by atoms with Crippen molar-refractivity contribution in [2.75, 3.05) is 18.5 Å². The van der Waals surface area contributed by atoms with Gasteiger partial charge in [-0.05, 0) is 61.0 Å². The van der Waals surface area contributed by atoms with Gasteiger partial charge >= 0.3 is 5.97 Å². The average Bonchev–Trinajstić information content (AvgIpc) is 3.38. The molecule has 0 spiro atoms. The summed E-state index contributed by atoms with van der Waals surface area (Å²) in [6.45, 7) is 0.940. The van der Waals surface area contributed by atoms with Crippen LogP contribution in [-0.4, -0.2) is 46.7 Å². The van der Waals surface area contributed by atoms with E-state index < -0.39 is 36.8 Å². The molecule has 0 aliphatic carbocycles. The van der Waals surface area contributed by atoms with E-state index in [-0.39, 0.29) is 11.1 Å². The molecule has 3 amide bonds. The molecular formula is C26H19N3O5S. The van der Waals surface area contributed by atoms with Gasteiger partial charge in [-0.15, -0.1) is 11.3 Å².